The fraction of sp³-hybridized carbons (Fsp3) is 0.613. The first-order valence-electron chi connectivity index (χ1n) is 14.3. The lowest BCUT2D eigenvalue weighted by Gasteiger charge is -2.43. The number of amides is 2. The van der Waals surface area contributed by atoms with Crippen molar-refractivity contribution in [1.82, 2.24) is 14.7 Å². The summed E-state index contributed by atoms with van der Waals surface area (Å²) >= 11 is 0. The Hall–Kier alpha value is -2.32. The molecule has 1 saturated heterocycles. The summed E-state index contributed by atoms with van der Waals surface area (Å²) in [5, 5.41) is 12.5. The highest BCUT2D eigenvalue weighted by Crippen LogP contribution is 2.63. The summed E-state index contributed by atoms with van der Waals surface area (Å²) in [5.41, 5.74) is 1.66. The van der Waals surface area contributed by atoms with E-state index in [1.807, 2.05) is 36.4 Å². The van der Waals surface area contributed by atoms with Crippen molar-refractivity contribution in [3.8, 4) is 0 Å². The van der Waals surface area contributed by atoms with Crippen LogP contribution in [0.1, 0.15) is 60.7 Å². The summed E-state index contributed by atoms with van der Waals surface area (Å²) in [5.74, 6) is 0.337. The molecule has 1 N–H and O–H groups in total. The highest BCUT2D eigenvalue weighted by Gasteiger charge is 2.60. The van der Waals surface area contributed by atoms with Gasteiger partial charge in [-0.2, -0.15) is 0 Å². The maximum atomic E-state index is 13.2. The Morgan fingerprint density at radius 1 is 0.947 bits per heavy atom. The number of hydrogen-bond acceptors (Lipinski definition) is 6. The van der Waals surface area contributed by atoms with E-state index in [1.54, 1.807) is 0 Å². The van der Waals surface area contributed by atoms with Crippen molar-refractivity contribution >= 4 is 22.6 Å². The normalized spacial score (nSPS) is 29.9. The monoisotopic (exact) mass is 519 g/mol. The van der Waals surface area contributed by atoms with Crippen molar-refractivity contribution in [2.24, 2.45) is 16.7 Å². The lowest BCUT2D eigenvalue weighted by atomic mass is 9.70. The summed E-state index contributed by atoms with van der Waals surface area (Å²) in [6, 6.07) is 11.3. The third-order valence-corrected chi connectivity index (χ3v) is 10.0. The van der Waals surface area contributed by atoms with Gasteiger partial charge in [0.25, 0.3) is 11.8 Å². The Labute approximate surface area is 225 Å². The van der Waals surface area contributed by atoms with Crippen LogP contribution < -0.4 is 0 Å². The van der Waals surface area contributed by atoms with Crippen LogP contribution in [0.5, 0.6) is 0 Å². The Bertz CT molecular complexity index is 1180. The Kier molecular flexibility index (Phi) is 6.62. The molecule has 6 rings (SSSR count). The largest absolute Gasteiger partial charge is 0.389 e. The van der Waals surface area contributed by atoms with E-state index in [-0.39, 0.29) is 28.7 Å². The van der Waals surface area contributed by atoms with Crippen molar-refractivity contribution in [2.75, 3.05) is 52.4 Å². The van der Waals surface area contributed by atoms with E-state index in [2.05, 4.69) is 30.6 Å². The zero-order valence-corrected chi connectivity index (χ0v) is 23.0. The lowest BCUT2D eigenvalue weighted by molar-refractivity contribution is -0.114. The topological polar surface area (TPSA) is 73.3 Å². The van der Waals surface area contributed by atoms with Crippen molar-refractivity contribution in [1.29, 1.82) is 0 Å². The van der Waals surface area contributed by atoms with E-state index in [0.29, 0.717) is 37.4 Å². The van der Waals surface area contributed by atoms with Gasteiger partial charge in [0.1, 0.15) is 0 Å². The number of nitrogens with zero attached hydrogens (tertiary/aromatic N) is 3. The second kappa shape index (κ2) is 9.70. The first-order chi connectivity index (χ1) is 18.2. The maximum absolute atomic E-state index is 13.2. The quantitative estimate of drug-likeness (QED) is 0.537. The van der Waals surface area contributed by atoms with Crippen LogP contribution in [0.25, 0.3) is 10.8 Å². The summed E-state index contributed by atoms with van der Waals surface area (Å²) in [6.07, 6.45) is 3.52. The molecule has 4 atom stereocenters. The average molecular weight is 520 g/mol. The summed E-state index contributed by atoms with van der Waals surface area (Å²) in [7, 11) is 0. The molecule has 4 aliphatic rings. The number of aliphatic hydroxyl groups excluding tert-OH is 1. The van der Waals surface area contributed by atoms with E-state index in [4.69, 9.17) is 4.74 Å². The van der Waals surface area contributed by atoms with Crippen LogP contribution in [0.15, 0.2) is 36.4 Å². The van der Waals surface area contributed by atoms with Gasteiger partial charge in [-0.05, 0) is 53.5 Å². The third kappa shape index (κ3) is 4.37. The molecule has 2 aromatic rings. The number of rotatable bonds is 8. The number of ether oxygens (including phenoxy) is 1. The minimum atomic E-state index is -0.494. The molecule has 7 heteroatoms. The van der Waals surface area contributed by atoms with Crippen molar-refractivity contribution in [3.05, 3.63) is 47.5 Å². The minimum Gasteiger partial charge on any atom is -0.389 e. The number of carbonyl (C=O) groups is 2. The van der Waals surface area contributed by atoms with Gasteiger partial charge < -0.3 is 9.84 Å². The summed E-state index contributed by atoms with van der Waals surface area (Å²) in [4.78, 5) is 32.3. The molecule has 38 heavy (non-hydrogen) atoms. The molecule has 0 radical (unpaired) electrons. The summed E-state index contributed by atoms with van der Waals surface area (Å²) < 4.78 is 6.39. The predicted molar refractivity (Wildman–Crippen MR) is 147 cm³/mol. The van der Waals surface area contributed by atoms with E-state index in [9.17, 15) is 14.7 Å². The van der Waals surface area contributed by atoms with Crippen LogP contribution >= 0.6 is 0 Å². The van der Waals surface area contributed by atoms with Crippen molar-refractivity contribution in [3.63, 3.8) is 0 Å². The second-order valence-corrected chi connectivity index (χ2v) is 12.9. The molecule has 0 unspecified atom stereocenters. The first-order valence-corrected chi connectivity index (χ1v) is 14.3. The molecular formula is C31H41N3O4. The van der Waals surface area contributed by atoms with Crippen molar-refractivity contribution < 1.29 is 19.4 Å². The van der Waals surface area contributed by atoms with Gasteiger partial charge in [-0.15, -0.1) is 0 Å². The Morgan fingerprint density at radius 3 is 2.18 bits per heavy atom. The first kappa shape index (κ1) is 25.9. The molecule has 2 bridgehead atoms. The van der Waals surface area contributed by atoms with Gasteiger partial charge in [-0.1, -0.05) is 45.0 Å². The van der Waals surface area contributed by atoms with Crippen LogP contribution in [0, 0.1) is 16.7 Å². The predicted octanol–water partition coefficient (Wildman–Crippen LogP) is 3.65. The molecule has 2 aliphatic heterocycles. The summed E-state index contributed by atoms with van der Waals surface area (Å²) in [6.45, 7) is 12.5. The SMILES string of the molecule is CC1(C)[C@H]2CC[C@](C)(C2)[C@@H]1OC[C@@H](O)CN1CCN(CCN2C(=O)c3cccc4cccc(c34)C2=O)CC1. The van der Waals surface area contributed by atoms with Gasteiger partial charge in [0.15, 0.2) is 0 Å². The van der Waals surface area contributed by atoms with Gasteiger partial charge in [-0.25, -0.2) is 0 Å². The van der Waals surface area contributed by atoms with E-state index in [0.717, 1.165) is 42.9 Å². The van der Waals surface area contributed by atoms with Gasteiger partial charge >= 0.3 is 0 Å². The molecular weight excluding hydrogens is 478 g/mol. The van der Waals surface area contributed by atoms with Crippen LogP contribution in [0.2, 0.25) is 0 Å². The number of piperazine rings is 1. The van der Waals surface area contributed by atoms with Gasteiger partial charge in [-0.3, -0.25) is 24.3 Å². The maximum Gasteiger partial charge on any atom is 0.261 e. The highest BCUT2D eigenvalue weighted by molar-refractivity contribution is 6.25. The lowest BCUT2D eigenvalue weighted by Crippen LogP contribution is -2.52. The number of hydrogen-bond donors (Lipinski definition) is 1. The number of aliphatic hydroxyl groups is 1. The molecule has 3 fully saturated rings. The van der Waals surface area contributed by atoms with Crippen LogP contribution in [-0.4, -0.2) is 96.2 Å². The fourth-order valence-corrected chi connectivity index (χ4v) is 7.95. The molecule has 2 aromatic carbocycles. The van der Waals surface area contributed by atoms with E-state index in [1.165, 1.54) is 24.2 Å². The highest BCUT2D eigenvalue weighted by atomic mass is 16.5. The number of benzene rings is 2. The molecule has 2 aliphatic carbocycles. The second-order valence-electron chi connectivity index (χ2n) is 12.9. The molecule has 0 aromatic heterocycles. The number of fused-ring (bicyclic) bond motifs is 2. The molecule has 2 saturated carbocycles. The minimum absolute atomic E-state index is 0.185. The van der Waals surface area contributed by atoms with Crippen LogP contribution in [0.4, 0.5) is 0 Å². The molecule has 2 amide bonds. The van der Waals surface area contributed by atoms with Crippen LogP contribution in [-0.2, 0) is 4.74 Å². The number of β-amino-alcohol motifs (C(OH)–C–C–N with tert-alkyl or cyclic N) is 1. The van der Waals surface area contributed by atoms with Gasteiger partial charge in [0.2, 0.25) is 0 Å². The molecule has 2 heterocycles. The molecule has 7 nitrogen and oxygen atoms in total. The van der Waals surface area contributed by atoms with Crippen molar-refractivity contribution in [2.45, 2.75) is 52.2 Å². The van der Waals surface area contributed by atoms with Gasteiger partial charge in [0.05, 0.1) is 18.8 Å². The Balaban J connectivity index is 0.973. The number of imide groups is 1. The zero-order valence-electron chi connectivity index (χ0n) is 23.0. The van der Waals surface area contributed by atoms with Gasteiger partial charge in [0, 0.05) is 62.3 Å². The number of carbonyl (C=O) groups excluding carboxylic acids is 2. The molecule has 0 spiro atoms. The Morgan fingerprint density at radius 2 is 1.58 bits per heavy atom. The smallest absolute Gasteiger partial charge is 0.261 e. The van der Waals surface area contributed by atoms with Crippen LogP contribution in [0.3, 0.4) is 0 Å². The standard InChI is InChI=1S/C31H41N3O4/c1-30(2)22-10-11-31(3,18-22)29(30)38-20-23(35)19-33-14-12-32(13-15-33)16-17-34-27(36)24-8-4-6-21-7-5-9-25(26(21)24)28(34)37/h4-9,22-23,29,35H,10-20H2,1-3H3/t22-,23-,29+,31+/m0/s1. The van der Waals surface area contributed by atoms with E-state index >= 15 is 0 Å². The molecule has 204 valence electrons. The fourth-order valence-electron chi connectivity index (χ4n) is 7.95. The zero-order chi connectivity index (χ0) is 26.7. The average Bonchev–Trinajstić information content (AvgIpc) is 3.39. The third-order valence-electron chi connectivity index (χ3n) is 10.0. The van der Waals surface area contributed by atoms with E-state index < -0.39 is 6.10 Å².